The minimum Gasteiger partial charge on any atom is -0.213 e. The fourth-order valence-electron chi connectivity index (χ4n) is 1.82. The van der Waals surface area contributed by atoms with Gasteiger partial charge in [0.25, 0.3) is 0 Å². The normalized spacial score (nSPS) is 30.3. The van der Waals surface area contributed by atoms with Gasteiger partial charge in [0, 0.05) is 11.9 Å². The summed E-state index contributed by atoms with van der Waals surface area (Å²) >= 11 is 5.77. The van der Waals surface area contributed by atoms with Crippen LogP contribution in [0.1, 0.15) is 25.7 Å². The van der Waals surface area contributed by atoms with Crippen LogP contribution in [-0.4, -0.2) is 26.6 Å². The third-order valence-electron chi connectivity index (χ3n) is 2.47. The fraction of sp³-hybridized carbons (Fsp3) is 1.00. The van der Waals surface area contributed by atoms with Gasteiger partial charge < -0.3 is 0 Å². The lowest BCUT2D eigenvalue weighted by Crippen LogP contribution is -2.42. The summed E-state index contributed by atoms with van der Waals surface area (Å²) in [6.07, 6.45) is 5.42. The molecule has 13 heavy (non-hydrogen) atoms. The maximum Gasteiger partial charge on any atom is 0.208 e. The summed E-state index contributed by atoms with van der Waals surface area (Å²) in [5.41, 5.74) is 0. The molecule has 1 rings (SSSR count). The van der Waals surface area contributed by atoms with Gasteiger partial charge >= 0.3 is 0 Å². The van der Waals surface area contributed by atoms with Gasteiger partial charge in [-0.25, -0.2) is 13.1 Å². The number of alkyl halides is 1. The average molecular weight is 226 g/mol. The van der Waals surface area contributed by atoms with Crippen LogP contribution in [0.4, 0.5) is 0 Å². The molecule has 0 aromatic rings. The maximum absolute atomic E-state index is 11.0. The lowest BCUT2D eigenvalue weighted by atomic mass is 9.86. The molecule has 0 aromatic carbocycles. The Labute approximate surface area is 84.9 Å². The van der Waals surface area contributed by atoms with Crippen LogP contribution in [0.15, 0.2) is 0 Å². The molecule has 0 aliphatic heterocycles. The van der Waals surface area contributed by atoms with E-state index in [0.29, 0.717) is 11.8 Å². The first kappa shape index (κ1) is 11.3. The first-order valence-corrected chi connectivity index (χ1v) is 6.99. The molecule has 1 aliphatic carbocycles. The summed E-state index contributed by atoms with van der Waals surface area (Å²) in [7, 11) is -3.08. The zero-order chi connectivity index (χ0) is 9.90. The van der Waals surface area contributed by atoms with Crippen molar-refractivity contribution in [2.45, 2.75) is 31.7 Å². The Balaban J connectivity index is 2.55. The largest absolute Gasteiger partial charge is 0.213 e. The van der Waals surface area contributed by atoms with E-state index in [2.05, 4.69) is 4.72 Å². The smallest absolute Gasteiger partial charge is 0.208 e. The lowest BCUT2D eigenvalue weighted by molar-refractivity contribution is 0.314. The summed E-state index contributed by atoms with van der Waals surface area (Å²) in [6.45, 7) is 0. The van der Waals surface area contributed by atoms with Crippen molar-refractivity contribution in [3.8, 4) is 0 Å². The van der Waals surface area contributed by atoms with Crippen molar-refractivity contribution in [3.05, 3.63) is 0 Å². The molecule has 0 amide bonds. The van der Waals surface area contributed by atoms with Crippen molar-refractivity contribution < 1.29 is 8.42 Å². The van der Waals surface area contributed by atoms with E-state index in [1.807, 2.05) is 0 Å². The van der Waals surface area contributed by atoms with Crippen LogP contribution < -0.4 is 4.72 Å². The van der Waals surface area contributed by atoms with Crippen molar-refractivity contribution >= 4 is 21.6 Å². The van der Waals surface area contributed by atoms with Crippen LogP contribution in [-0.2, 0) is 10.0 Å². The SMILES string of the molecule is CS(=O)(=O)NC1CCCCC1CCl. The molecule has 1 fully saturated rings. The third kappa shape index (κ3) is 3.83. The average Bonchev–Trinajstić information content (AvgIpc) is 2.02. The van der Waals surface area contributed by atoms with Crippen LogP contribution in [0, 0.1) is 5.92 Å². The topological polar surface area (TPSA) is 46.2 Å². The second kappa shape index (κ2) is 4.62. The predicted molar refractivity (Wildman–Crippen MR) is 54.4 cm³/mol. The Hall–Kier alpha value is 0.200. The van der Waals surface area contributed by atoms with E-state index < -0.39 is 10.0 Å². The highest BCUT2D eigenvalue weighted by molar-refractivity contribution is 7.88. The molecule has 1 aliphatic rings. The highest BCUT2D eigenvalue weighted by atomic mass is 35.5. The van der Waals surface area contributed by atoms with E-state index in [-0.39, 0.29) is 6.04 Å². The van der Waals surface area contributed by atoms with E-state index in [9.17, 15) is 8.42 Å². The van der Waals surface area contributed by atoms with Gasteiger partial charge in [-0.15, -0.1) is 11.6 Å². The van der Waals surface area contributed by atoms with E-state index in [1.165, 1.54) is 12.7 Å². The van der Waals surface area contributed by atoms with Crippen molar-refractivity contribution in [2.75, 3.05) is 12.1 Å². The monoisotopic (exact) mass is 225 g/mol. The van der Waals surface area contributed by atoms with E-state index in [1.54, 1.807) is 0 Å². The molecular weight excluding hydrogens is 210 g/mol. The van der Waals surface area contributed by atoms with Crippen LogP contribution >= 0.6 is 11.6 Å². The van der Waals surface area contributed by atoms with Crippen molar-refractivity contribution in [1.82, 2.24) is 4.72 Å². The Morgan fingerprint density at radius 1 is 1.38 bits per heavy atom. The summed E-state index contributed by atoms with van der Waals surface area (Å²) in [5.74, 6) is 0.859. The summed E-state index contributed by atoms with van der Waals surface area (Å²) < 4.78 is 24.7. The quantitative estimate of drug-likeness (QED) is 0.737. The van der Waals surface area contributed by atoms with Crippen molar-refractivity contribution in [3.63, 3.8) is 0 Å². The Morgan fingerprint density at radius 2 is 2.00 bits per heavy atom. The molecule has 1 saturated carbocycles. The van der Waals surface area contributed by atoms with Crippen molar-refractivity contribution in [2.24, 2.45) is 5.92 Å². The number of sulfonamides is 1. The minimum absolute atomic E-state index is 0.0567. The second-order valence-electron chi connectivity index (χ2n) is 3.70. The number of halogens is 1. The van der Waals surface area contributed by atoms with Gasteiger partial charge in [-0.1, -0.05) is 12.8 Å². The third-order valence-corrected chi connectivity index (χ3v) is 3.60. The van der Waals surface area contributed by atoms with Crippen LogP contribution in [0.3, 0.4) is 0 Å². The molecule has 0 radical (unpaired) electrons. The molecule has 78 valence electrons. The Kier molecular flexibility index (Phi) is 4.01. The molecule has 0 spiro atoms. The van der Waals surface area contributed by atoms with Crippen LogP contribution in [0.5, 0.6) is 0 Å². The second-order valence-corrected chi connectivity index (χ2v) is 5.78. The van der Waals surface area contributed by atoms with Crippen LogP contribution in [0.25, 0.3) is 0 Å². The molecule has 0 bridgehead atoms. The van der Waals surface area contributed by atoms with Crippen LogP contribution in [0.2, 0.25) is 0 Å². The molecule has 5 heteroatoms. The van der Waals surface area contributed by atoms with Gasteiger partial charge in [-0.3, -0.25) is 0 Å². The highest BCUT2D eigenvalue weighted by Crippen LogP contribution is 2.25. The lowest BCUT2D eigenvalue weighted by Gasteiger charge is -2.29. The molecule has 0 aromatic heterocycles. The van der Waals surface area contributed by atoms with Gasteiger partial charge in [0.1, 0.15) is 0 Å². The number of nitrogens with one attached hydrogen (secondary N) is 1. The summed E-state index contributed by atoms with van der Waals surface area (Å²) in [6, 6.07) is 0.0567. The van der Waals surface area contributed by atoms with Gasteiger partial charge in [-0.2, -0.15) is 0 Å². The molecule has 0 saturated heterocycles. The molecule has 2 unspecified atom stereocenters. The minimum atomic E-state index is -3.08. The predicted octanol–water partition coefficient (Wildman–Crippen LogP) is 1.33. The van der Waals surface area contributed by atoms with E-state index in [0.717, 1.165) is 19.3 Å². The molecule has 2 atom stereocenters. The first-order chi connectivity index (χ1) is 6.03. The van der Waals surface area contributed by atoms with E-state index >= 15 is 0 Å². The highest BCUT2D eigenvalue weighted by Gasteiger charge is 2.26. The van der Waals surface area contributed by atoms with E-state index in [4.69, 9.17) is 11.6 Å². The van der Waals surface area contributed by atoms with Gasteiger partial charge in [0.2, 0.25) is 10.0 Å². The zero-order valence-corrected chi connectivity index (χ0v) is 9.37. The maximum atomic E-state index is 11.0. The van der Waals surface area contributed by atoms with Gasteiger partial charge in [0.05, 0.1) is 6.26 Å². The number of rotatable bonds is 3. The molecule has 3 nitrogen and oxygen atoms in total. The summed E-state index contributed by atoms with van der Waals surface area (Å²) in [5, 5.41) is 0. The number of hydrogen-bond acceptors (Lipinski definition) is 2. The fourth-order valence-corrected chi connectivity index (χ4v) is 3.05. The Morgan fingerprint density at radius 3 is 2.54 bits per heavy atom. The molecular formula is C8H16ClNO2S. The molecule has 1 N–H and O–H groups in total. The van der Waals surface area contributed by atoms with Gasteiger partial charge in [0.15, 0.2) is 0 Å². The number of hydrogen-bond donors (Lipinski definition) is 1. The zero-order valence-electron chi connectivity index (χ0n) is 7.79. The summed E-state index contributed by atoms with van der Waals surface area (Å²) in [4.78, 5) is 0. The molecule has 0 heterocycles. The first-order valence-electron chi connectivity index (χ1n) is 4.56. The standard InChI is InChI=1S/C8H16ClNO2S/c1-13(11,12)10-8-5-3-2-4-7(8)6-9/h7-8,10H,2-6H2,1H3. The van der Waals surface area contributed by atoms with Crippen molar-refractivity contribution in [1.29, 1.82) is 0 Å². The van der Waals surface area contributed by atoms with Gasteiger partial charge in [-0.05, 0) is 18.8 Å². The Bertz CT molecular complexity index is 253.